The zero-order valence-electron chi connectivity index (χ0n) is 11.2. The number of Topliss-reactive ketones (excluding diaryl/α,β-unsaturated/α-hetero) is 1. The van der Waals surface area contributed by atoms with E-state index >= 15 is 0 Å². The molecule has 0 heterocycles. The van der Waals surface area contributed by atoms with Gasteiger partial charge in [0.25, 0.3) is 0 Å². The lowest BCUT2D eigenvalue weighted by Gasteiger charge is -2.18. The molecule has 0 aliphatic carbocycles. The number of anilines is 1. The second-order valence-electron chi connectivity index (χ2n) is 4.52. The highest BCUT2D eigenvalue weighted by Crippen LogP contribution is 2.24. The molecule has 4 nitrogen and oxygen atoms in total. The van der Waals surface area contributed by atoms with Crippen LogP contribution in [0.1, 0.15) is 20.8 Å². The van der Waals surface area contributed by atoms with Gasteiger partial charge in [-0.2, -0.15) is 0 Å². The van der Waals surface area contributed by atoms with Gasteiger partial charge in [0, 0.05) is 0 Å². The summed E-state index contributed by atoms with van der Waals surface area (Å²) in [6, 6.07) is 7.12. The van der Waals surface area contributed by atoms with Crippen LogP contribution in [-0.2, 0) is 9.59 Å². The summed E-state index contributed by atoms with van der Waals surface area (Å²) in [5.74, 6) is -0.497. The molecule has 0 aliphatic rings. The molecule has 0 fully saturated rings. The van der Waals surface area contributed by atoms with Crippen molar-refractivity contribution in [1.82, 2.24) is 0 Å². The minimum absolute atomic E-state index is 0.0304. The van der Waals surface area contributed by atoms with Crippen molar-refractivity contribution in [3.05, 3.63) is 24.3 Å². The number of amides is 1. The summed E-state index contributed by atoms with van der Waals surface area (Å²) in [5, 5.41) is 2.74. The first-order valence-corrected chi connectivity index (χ1v) is 5.91. The van der Waals surface area contributed by atoms with E-state index in [0.717, 1.165) is 0 Å². The highest BCUT2D eigenvalue weighted by molar-refractivity contribution is 6.07. The quantitative estimate of drug-likeness (QED) is 0.816. The number of benzene rings is 1. The highest BCUT2D eigenvalue weighted by atomic mass is 16.5. The van der Waals surface area contributed by atoms with E-state index in [1.165, 1.54) is 14.0 Å². The predicted octanol–water partition coefficient (Wildman–Crippen LogP) is 2.49. The van der Waals surface area contributed by atoms with Crippen LogP contribution in [0.15, 0.2) is 24.3 Å². The summed E-state index contributed by atoms with van der Waals surface area (Å²) in [4.78, 5) is 23.6. The van der Waals surface area contributed by atoms with Gasteiger partial charge in [-0.1, -0.05) is 26.0 Å². The van der Waals surface area contributed by atoms with Gasteiger partial charge in [0.1, 0.15) is 11.5 Å². The Kier molecular flexibility index (Phi) is 4.89. The summed E-state index contributed by atoms with van der Waals surface area (Å²) in [6.45, 7) is 5.15. The molecule has 1 unspecified atom stereocenters. The van der Waals surface area contributed by atoms with Gasteiger partial charge < -0.3 is 10.1 Å². The number of para-hydroxylation sites is 2. The van der Waals surface area contributed by atoms with Crippen LogP contribution in [0.5, 0.6) is 5.75 Å². The van der Waals surface area contributed by atoms with E-state index in [9.17, 15) is 9.59 Å². The molecule has 1 rings (SSSR count). The van der Waals surface area contributed by atoms with Crippen molar-refractivity contribution in [3.63, 3.8) is 0 Å². The normalized spacial score (nSPS) is 12.1. The van der Waals surface area contributed by atoms with Gasteiger partial charge in [-0.05, 0) is 25.0 Å². The first-order chi connectivity index (χ1) is 8.47. The van der Waals surface area contributed by atoms with E-state index < -0.39 is 5.92 Å². The van der Waals surface area contributed by atoms with Gasteiger partial charge in [-0.3, -0.25) is 9.59 Å². The molecular weight excluding hydrogens is 230 g/mol. The lowest BCUT2D eigenvalue weighted by atomic mass is 9.91. The van der Waals surface area contributed by atoms with Crippen molar-refractivity contribution in [2.24, 2.45) is 11.8 Å². The average Bonchev–Trinajstić information content (AvgIpc) is 2.28. The monoisotopic (exact) mass is 249 g/mol. The number of rotatable bonds is 5. The van der Waals surface area contributed by atoms with Crippen molar-refractivity contribution in [2.45, 2.75) is 20.8 Å². The van der Waals surface area contributed by atoms with Crippen LogP contribution in [0.3, 0.4) is 0 Å². The van der Waals surface area contributed by atoms with Crippen LogP contribution >= 0.6 is 0 Å². The number of carbonyl (C=O) groups is 2. The second kappa shape index (κ2) is 6.19. The Hall–Kier alpha value is -1.84. The molecule has 98 valence electrons. The Morgan fingerprint density at radius 1 is 1.22 bits per heavy atom. The van der Waals surface area contributed by atoms with E-state index in [4.69, 9.17) is 4.74 Å². The van der Waals surface area contributed by atoms with E-state index in [2.05, 4.69) is 5.32 Å². The topological polar surface area (TPSA) is 55.4 Å². The lowest BCUT2D eigenvalue weighted by molar-refractivity contribution is -0.131. The molecule has 0 aliphatic heterocycles. The van der Waals surface area contributed by atoms with Crippen molar-refractivity contribution >= 4 is 17.4 Å². The molecule has 0 radical (unpaired) electrons. The SMILES string of the molecule is COc1ccccc1NC(=O)C(C(C)=O)C(C)C. The fourth-order valence-corrected chi connectivity index (χ4v) is 1.92. The Balaban J connectivity index is 2.89. The van der Waals surface area contributed by atoms with Crippen molar-refractivity contribution in [1.29, 1.82) is 0 Å². The smallest absolute Gasteiger partial charge is 0.235 e. The molecule has 4 heteroatoms. The molecule has 1 N–H and O–H groups in total. The first-order valence-electron chi connectivity index (χ1n) is 5.91. The maximum atomic E-state index is 12.1. The molecule has 0 saturated carbocycles. The van der Waals surface area contributed by atoms with Gasteiger partial charge in [0.2, 0.25) is 5.91 Å². The van der Waals surface area contributed by atoms with Gasteiger partial charge >= 0.3 is 0 Å². The molecule has 0 bridgehead atoms. The maximum Gasteiger partial charge on any atom is 0.235 e. The van der Waals surface area contributed by atoms with E-state index in [1.807, 2.05) is 19.9 Å². The molecule has 0 spiro atoms. The molecule has 1 amide bonds. The molecule has 1 aromatic rings. The number of hydrogen-bond acceptors (Lipinski definition) is 3. The van der Waals surface area contributed by atoms with Gasteiger partial charge in [-0.25, -0.2) is 0 Å². The molecule has 18 heavy (non-hydrogen) atoms. The Morgan fingerprint density at radius 3 is 2.33 bits per heavy atom. The van der Waals surface area contributed by atoms with Crippen molar-refractivity contribution < 1.29 is 14.3 Å². The molecule has 1 aromatic carbocycles. The Morgan fingerprint density at radius 2 is 1.83 bits per heavy atom. The zero-order chi connectivity index (χ0) is 13.7. The first kappa shape index (κ1) is 14.2. The van der Waals surface area contributed by atoms with E-state index in [-0.39, 0.29) is 17.6 Å². The number of carbonyl (C=O) groups excluding carboxylic acids is 2. The van der Waals surface area contributed by atoms with Crippen LogP contribution < -0.4 is 10.1 Å². The minimum Gasteiger partial charge on any atom is -0.495 e. The van der Waals surface area contributed by atoms with Crippen molar-refractivity contribution in [3.8, 4) is 5.75 Å². The number of ketones is 1. The zero-order valence-corrected chi connectivity index (χ0v) is 11.2. The van der Waals surface area contributed by atoms with Crippen LogP contribution in [0, 0.1) is 11.8 Å². The highest BCUT2D eigenvalue weighted by Gasteiger charge is 2.27. The minimum atomic E-state index is -0.630. The van der Waals surface area contributed by atoms with Crippen LogP contribution in [0.25, 0.3) is 0 Å². The third-order valence-corrected chi connectivity index (χ3v) is 2.75. The summed E-state index contributed by atoms with van der Waals surface area (Å²) < 4.78 is 5.15. The van der Waals surface area contributed by atoms with Gasteiger partial charge in [0.05, 0.1) is 18.7 Å². The number of nitrogens with one attached hydrogen (secondary N) is 1. The third kappa shape index (κ3) is 3.32. The van der Waals surface area contributed by atoms with Crippen molar-refractivity contribution in [2.75, 3.05) is 12.4 Å². The summed E-state index contributed by atoms with van der Waals surface area (Å²) in [7, 11) is 1.54. The Bertz CT molecular complexity index is 440. The maximum absolute atomic E-state index is 12.1. The van der Waals surface area contributed by atoms with Gasteiger partial charge in [0.15, 0.2) is 0 Å². The third-order valence-electron chi connectivity index (χ3n) is 2.75. The van der Waals surface area contributed by atoms with Crippen LogP contribution in [-0.4, -0.2) is 18.8 Å². The molecule has 1 atom stereocenters. The number of ether oxygens (including phenoxy) is 1. The summed E-state index contributed by atoms with van der Waals surface area (Å²) in [6.07, 6.45) is 0. The Labute approximate surface area is 107 Å². The fraction of sp³-hybridized carbons (Fsp3) is 0.429. The number of methoxy groups -OCH3 is 1. The standard InChI is InChI=1S/C14H19NO3/c1-9(2)13(10(3)16)14(17)15-11-7-5-6-8-12(11)18-4/h5-9,13H,1-4H3,(H,15,17). The predicted molar refractivity (Wildman–Crippen MR) is 70.6 cm³/mol. The van der Waals surface area contributed by atoms with E-state index in [0.29, 0.717) is 11.4 Å². The average molecular weight is 249 g/mol. The van der Waals surface area contributed by atoms with Gasteiger partial charge in [-0.15, -0.1) is 0 Å². The summed E-state index contributed by atoms with van der Waals surface area (Å²) >= 11 is 0. The molecule has 0 aromatic heterocycles. The molecular formula is C14H19NO3. The lowest BCUT2D eigenvalue weighted by Crippen LogP contribution is -2.32. The van der Waals surface area contributed by atoms with Crippen LogP contribution in [0.4, 0.5) is 5.69 Å². The van der Waals surface area contributed by atoms with Crippen LogP contribution in [0.2, 0.25) is 0 Å². The second-order valence-corrected chi connectivity index (χ2v) is 4.52. The fourth-order valence-electron chi connectivity index (χ4n) is 1.92. The largest absolute Gasteiger partial charge is 0.495 e. The molecule has 0 saturated heterocycles. The van der Waals surface area contributed by atoms with E-state index in [1.54, 1.807) is 18.2 Å². The number of hydrogen-bond donors (Lipinski definition) is 1. The summed E-state index contributed by atoms with van der Waals surface area (Å²) in [5.41, 5.74) is 0.580.